The Kier molecular flexibility index (Phi) is 5.06. The lowest BCUT2D eigenvalue weighted by Gasteiger charge is -2.14. The molecule has 5 heteroatoms. The lowest BCUT2D eigenvalue weighted by Crippen LogP contribution is -2.44. The minimum Gasteiger partial charge on any atom is -0.480 e. The molecule has 0 aromatic rings. The Hall–Kier alpha value is -1.10. The van der Waals surface area contributed by atoms with Crippen LogP contribution in [0.4, 0.5) is 0 Å². The lowest BCUT2D eigenvalue weighted by atomic mass is 10.1. The third kappa shape index (κ3) is 3.89. The molecule has 0 spiro atoms. The maximum absolute atomic E-state index is 11.2. The Labute approximate surface area is 77.3 Å². The van der Waals surface area contributed by atoms with Gasteiger partial charge in [0.15, 0.2) is 0 Å². The number of hydrogen-bond donors (Lipinski definition) is 3. The molecule has 0 aromatic heterocycles. The summed E-state index contributed by atoms with van der Waals surface area (Å²) in [6.45, 7) is 3.58. The second-order valence-electron chi connectivity index (χ2n) is 2.94. The van der Waals surface area contributed by atoms with Gasteiger partial charge in [-0.25, -0.2) is 4.79 Å². The maximum Gasteiger partial charge on any atom is 0.326 e. The van der Waals surface area contributed by atoms with Crippen molar-refractivity contribution in [3.63, 3.8) is 0 Å². The predicted octanol–water partition coefficient (Wildman–Crippen LogP) is -0.439. The molecule has 0 aliphatic rings. The Balaban J connectivity index is 4.09. The molecule has 0 fully saturated rings. The summed E-state index contributed by atoms with van der Waals surface area (Å²) in [5.41, 5.74) is 5.26. The van der Waals surface area contributed by atoms with Crippen LogP contribution in [-0.2, 0) is 9.59 Å². The van der Waals surface area contributed by atoms with Gasteiger partial charge in [-0.2, -0.15) is 0 Å². The highest BCUT2D eigenvalue weighted by atomic mass is 16.4. The molecule has 2 atom stereocenters. The second kappa shape index (κ2) is 5.53. The number of rotatable bonds is 5. The highest BCUT2D eigenvalue weighted by molar-refractivity contribution is 5.84. The SMILES string of the molecule is CCC(NC(=O)C(C)CN)C(=O)O. The summed E-state index contributed by atoms with van der Waals surface area (Å²) in [7, 11) is 0. The van der Waals surface area contributed by atoms with Crippen LogP contribution in [0.5, 0.6) is 0 Å². The molecule has 1 amide bonds. The fourth-order valence-electron chi connectivity index (χ4n) is 0.759. The molecule has 0 aliphatic carbocycles. The maximum atomic E-state index is 11.2. The van der Waals surface area contributed by atoms with Crippen LogP contribution < -0.4 is 11.1 Å². The van der Waals surface area contributed by atoms with Gasteiger partial charge in [-0.15, -0.1) is 0 Å². The van der Waals surface area contributed by atoms with E-state index in [4.69, 9.17) is 10.8 Å². The molecular weight excluding hydrogens is 172 g/mol. The highest BCUT2D eigenvalue weighted by Crippen LogP contribution is 1.96. The van der Waals surface area contributed by atoms with E-state index in [9.17, 15) is 9.59 Å². The molecule has 5 nitrogen and oxygen atoms in total. The third-order valence-corrected chi connectivity index (χ3v) is 1.82. The fourth-order valence-corrected chi connectivity index (χ4v) is 0.759. The minimum atomic E-state index is -1.01. The van der Waals surface area contributed by atoms with Gasteiger partial charge in [0.2, 0.25) is 5.91 Å². The van der Waals surface area contributed by atoms with Crippen molar-refractivity contribution in [2.75, 3.05) is 6.54 Å². The molecule has 4 N–H and O–H groups in total. The van der Waals surface area contributed by atoms with E-state index in [1.54, 1.807) is 13.8 Å². The van der Waals surface area contributed by atoms with E-state index in [1.165, 1.54) is 0 Å². The number of carbonyl (C=O) groups excluding carboxylic acids is 1. The highest BCUT2D eigenvalue weighted by Gasteiger charge is 2.20. The molecule has 0 bridgehead atoms. The van der Waals surface area contributed by atoms with Crippen molar-refractivity contribution in [3.8, 4) is 0 Å². The Bertz CT molecular complexity index is 194. The Morgan fingerprint density at radius 3 is 2.38 bits per heavy atom. The summed E-state index contributed by atoms with van der Waals surface area (Å²) >= 11 is 0. The van der Waals surface area contributed by atoms with E-state index in [-0.39, 0.29) is 18.4 Å². The molecule has 0 aliphatic heterocycles. The third-order valence-electron chi connectivity index (χ3n) is 1.82. The first kappa shape index (κ1) is 11.9. The molecule has 0 saturated carbocycles. The topological polar surface area (TPSA) is 92.4 Å². The zero-order chi connectivity index (χ0) is 10.4. The van der Waals surface area contributed by atoms with Crippen LogP contribution in [0, 0.1) is 5.92 Å². The fraction of sp³-hybridized carbons (Fsp3) is 0.750. The van der Waals surface area contributed by atoms with Crippen LogP contribution in [0.1, 0.15) is 20.3 Å². The van der Waals surface area contributed by atoms with Crippen molar-refractivity contribution < 1.29 is 14.7 Å². The van der Waals surface area contributed by atoms with Crippen LogP contribution in [0.2, 0.25) is 0 Å². The zero-order valence-electron chi connectivity index (χ0n) is 7.91. The van der Waals surface area contributed by atoms with E-state index < -0.39 is 12.0 Å². The summed E-state index contributed by atoms with van der Waals surface area (Å²) in [6, 6.07) is -0.804. The number of aliphatic carboxylic acids is 1. The number of hydrogen-bond acceptors (Lipinski definition) is 3. The van der Waals surface area contributed by atoms with Crippen molar-refractivity contribution in [2.45, 2.75) is 26.3 Å². The molecule has 0 saturated heterocycles. The van der Waals surface area contributed by atoms with E-state index in [0.717, 1.165) is 0 Å². The Morgan fingerprint density at radius 2 is 2.08 bits per heavy atom. The van der Waals surface area contributed by atoms with Crippen molar-refractivity contribution in [2.24, 2.45) is 11.7 Å². The minimum absolute atomic E-state index is 0.224. The van der Waals surface area contributed by atoms with Gasteiger partial charge in [-0.1, -0.05) is 13.8 Å². The van der Waals surface area contributed by atoms with E-state index >= 15 is 0 Å². The Morgan fingerprint density at radius 1 is 1.54 bits per heavy atom. The zero-order valence-corrected chi connectivity index (χ0v) is 7.91. The number of carbonyl (C=O) groups is 2. The summed E-state index contributed by atoms with van der Waals surface area (Å²) in [6.07, 6.45) is 0.373. The van der Waals surface area contributed by atoms with Gasteiger partial charge >= 0.3 is 5.97 Å². The lowest BCUT2D eigenvalue weighted by molar-refractivity contribution is -0.142. The van der Waals surface area contributed by atoms with Crippen LogP contribution in [0.3, 0.4) is 0 Å². The van der Waals surface area contributed by atoms with Crippen LogP contribution in [0.15, 0.2) is 0 Å². The van der Waals surface area contributed by atoms with Gasteiger partial charge in [0.1, 0.15) is 6.04 Å². The van der Waals surface area contributed by atoms with E-state index in [1.807, 2.05) is 0 Å². The van der Waals surface area contributed by atoms with Crippen molar-refractivity contribution in [3.05, 3.63) is 0 Å². The van der Waals surface area contributed by atoms with Gasteiger partial charge in [-0.3, -0.25) is 4.79 Å². The smallest absolute Gasteiger partial charge is 0.326 e. The van der Waals surface area contributed by atoms with Gasteiger partial charge in [-0.05, 0) is 6.42 Å². The predicted molar refractivity (Wildman–Crippen MR) is 48.1 cm³/mol. The summed E-state index contributed by atoms with van der Waals surface area (Å²) < 4.78 is 0. The summed E-state index contributed by atoms with van der Waals surface area (Å²) in [4.78, 5) is 21.7. The molecule has 0 aromatic carbocycles. The summed E-state index contributed by atoms with van der Waals surface area (Å²) in [5, 5.41) is 11.0. The normalized spacial score (nSPS) is 14.7. The first-order valence-corrected chi connectivity index (χ1v) is 4.26. The van der Waals surface area contributed by atoms with Gasteiger partial charge in [0, 0.05) is 12.5 Å². The number of nitrogens with two attached hydrogens (primary N) is 1. The van der Waals surface area contributed by atoms with Gasteiger partial charge in [0.05, 0.1) is 0 Å². The molecule has 0 heterocycles. The van der Waals surface area contributed by atoms with Crippen molar-refractivity contribution >= 4 is 11.9 Å². The van der Waals surface area contributed by atoms with Crippen LogP contribution in [0.25, 0.3) is 0 Å². The average molecular weight is 188 g/mol. The van der Waals surface area contributed by atoms with Crippen molar-refractivity contribution in [1.82, 2.24) is 5.32 Å². The monoisotopic (exact) mass is 188 g/mol. The standard InChI is InChI=1S/C8H16N2O3/c1-3-6(8(12)13)10-7(11)5(2)4-9/h5-6H,3-4,9H2,1-2H3,(H,10,11)(H,12,13). The number of carboxylic acid groups (broad SMARTS) is 1. The number of amides is 1. The van der Waals surface area contributed by atoms with Gasteiger partial charge in [0.25, 0.3) is 0 Å². The summed E-state index contributed by atoms with van der Waals surface area (Å²) in [5.74, 6) is -1.66. The second-order valence-corrected chi connectivity index (χ2v) is 2.94. The van der Waals surface area contributed by atoms with Crippen LogP contribution >= 0.6 is 0 Å². The molecule has 76 valence electrons. The van der Waals surface area contributed by atoms with Crippen LogP contribution in [-0.4, -0.2) is 29.6 Å². The largest absolute Gasteiger partial charge is 0.480 e. The van der Waals surface area contributed by atoms with Crippen molar-refractivity contribution in [1.29, 1.82) is 0 Å². The molecular formula is C8H16N2O3. The molecule has 0 rings (SSSR count). The van der Waals surface area contributed by atoms with Gasteiger partial charge < -0.3 is 16.2 Å². The molecule has 2 unspecified atom stereocenters. The first-order valence-electron chi connectivity index (χ1n) is 4.26. The molecule has 0 radical (unpaired) electrons. The number of carboxylic acids is 1. The molecule has 13 heavy (non-hydrogen) atoms. The first-order chi connectivity index (χ1) is 6.02. The quantitative estimate of drug-likeness (QED) is 0.545. The van der Waals surface area contributed by atoms with E-state index in [0.29, 0.717) is 6.42 Å². The van der Waals surface area contributed by atoms with E-state index in [2.05, 4.69) is 5.32 Å². The average Bonchev–Trinajstić information content (AvgIpc) is 2.11. The number of nitrogens with one attached hydrogen (secondary N) is 1.